The number of likely N-dealkylation sites (tertiary alicyclic amines) is 1. The van der Waals surface area contributed by atoms with Crippen molar-refractivity contribution in [3.63, 3.8) is 0 Å². The van der Waals surface area contributed by atoms with E-state index in [2.05, 4.69) is 20.3 Å². The highest BCUT2D eigenvalue weighted by Gasteiger charge is 2.25. The Morgan fingerprint density at radius 1 is 1.42 bits per heavy atom. The number of amides is 1. The maximum atomic E-state index is 12.5. The van der Waals surface area contributed by atoms with Crippen LogP contribution in [0.25, 0.3) is 0 Å². The third kappa shape index (κ3) is 4.55. The Balaban J connectivity index is 1.50. The lowest BCUT2D eigenvalue weighted by Crippen LogP contribution is -2.41. The number of pyridine rings is 1. The van der Waals surface area contributed by atoms with Crippen LogP contribution in [0.5, 0.6) is 0 Å². The Labute approximate surface area is 146 Å². The third-order valence-corrected chi connectivity index (χ3v) is 4.55. The van der Waals surface area contributed by atoms with Gasteiger partial charge in [0.2, 0.25) is 5.91 Å². The molecule has 6 nitrogen and oxygen atoms in total. The SMILES string of the molecule is Cn1cc(CCN2CCCC(C(=O)Nc3ccc(Cl)cn3)C2)cn1. The van der Waals surface area contributed by atoms with E-state index in [9.17, 15) is 4.79 Å². The molecule has 0 aromatic carbocycles. The number of rotatable bonds is 5. The minimum atomic E-state index is 0.00475. The quantitative estimate of drug-likeness (QED) is 0.901. The molecule has 3 rings (SSSR count). The molecule has 2 aromatic rings. The van der Waals surface area contributed by atoms with Crippen LogP contribution in [0.4, 0.5) is 5.82 Å². The van der Waals surface area contributed by atoms with Crippen LogP contribution < -0.4 is 5.32 Å². The number of nitrogens with one attached hydrogen (secondary N) is 1. The Kier molecular flexibility index (Phi) is 5.48. The van der Waals surface area contributed by atoms with Gasteiger partial charge in [-0.15, -0.1) is 0 Å². The summed E-state index contributed by atoms with van der Waals surface area (Å²) in [6.45, 7) is 2.79. The first-order valence-electron chi connectivity index (χ1n) is 8.22. The summed E-state index contributed by atoms with van der Waals surface area (Å²) in [6, 6.07) is 3.45. The Bertz CT molecular complexity index is 685. The second kappa shape index (κ2) is 7.77. The van der Waals surface area contributed by atoms with Gasteiger partial charge >= 0.3 is 0 Å². The monoisotopic (exact) mass is 347 g/mol. The first kappa shape index (κ1) is 16.9. The van der Waals surface area contributed by atoms with E-state index < -0.39 is 0 Å². The number of anilines is 1. The second-order valence-electron chi connectivity index (χ2n) is 6.26. The topological polar surface area (TPSA) is 63.1 Å². The molecule has 1 aliphatic rings. The number of aryl methyl sites for hydroxylation is 1. The summed E-state index contributed by atoms with van der Waals surface area (Å²) < 4.78 is 1.82. The standard InChI is InChI=1S/C17H22ClN5O/c1-22-11-13(9-20-22)6-8-23-7-2-3-14(12-23)17(24)21-16-5-4-15(18)10-19-16/h4-5,9-11,14H,2-3,6-8,12H2,1H3,(H,19,21,24). The molecule has 1 N–H and O–H groups in total. The van der Waals surface area contributed by atoms with Crippen molar-refractivity contribution in [2.24, 2.45) is 13.0 Å². The van der Waals surface area contributed by atoms with Crippen LogP contribution in [0.15, 0.2) is 30.7 Å². The van der Waals surface area contributed by atoms with Crippen molar-refractivity contribution in [3.05, 3.63) is 41.3 Å². The normalized spacial score (nSPS) is 18.5. The molecule has 1 atom stereocenters. The summed E-state index contributed by atoms with van der Waals surface area (Å²) >= 11 is 5.81. The van der Waals surface area contributed by atoms with Crippen molar-refractivity contribution in [1.29, 1.82) is 0 Å². The average Bonchev–Trinajstić information content (AvgIpc) is 3.01. The highest BCUT2D eigenvalue weighted by molar-refractivity contribution is 6.30. The van der Waals surface area contributed by atoms with Crippen LogP contribution in [0, 0.1) is 5.92 Å². The fourth-order valence-corrected chi connectivity index (χ4v) is 3.15. The predicted octanol–water partition coefficient (Wildman–Crippen LogP) is 2.36. The fraction of sp³-hybridized carbons (Fsp3) is 0.471. The summed E-state index contributed by atoms with van der Waals surface area (Å²) in [5.74, 6) is 0.595. The smallest absolute Gasteiger partial charge is 0.229 e. The fourth-order valence-electron chi connectivity index (χ4n) is 3.04. The van der Waals surface area contributed by atoms with Gasteiger partial charge in [-0.3, -0.25) is 9.48 Å². The number of halogens is 1. The lowest BCUT2D eigenvalue weighted by molar-refractivity contribution is -0.121. The number of piperidine rings is 1. The van der Waals surface area contributed by atoms with Crippen LogP contribution in [0.1, 0.15) is 18.4 Å². The number of carbonyl (C=O) groups excluding carboxylic acids is 1. The first-order valence-corrected chi connectivity index (χ1v) is 8.60. The van der Waals surface area contributed by atoms with E-state index in [4.69, 9.17) is 11.6 Å². The molecule has 0 spiro atoms. The molecule has 2 aromatic heterocycles. The highest BCUT2D eigenvalue weighted by Crippen LogP contribution is 2.19. The van der Waals surface area contributed by atoms with Crippen LogP contribution in [-0.4, -0.2) is 45.2 Å². The minimum Gasteiger partial charge on any atom is -0.310 e. The van der Waals surface area contributed by atoms with Gasteiger partial charge in [0.1, 0.15) is 5.82 Å². The van der Waals surface area contributed by atoms with Crippen molar-refractivity contribution in [3.8, 4) is 0 Å². The molecule has 1 fully saturated rings. The molecule has 1 aliphatic heterocycles. The van der Waals surface area contributed by atoms with E-state index >= 15 is 0 Å². The second-order valence-corrected chi connectivity index (χ2v) is 6.70. The summed E-state index contributed by atoms with van der Waals surface area (Å²) in [5.41, 5.74) is 1.23. The van der Waals surface area contributed by atoms with E-state index in [1.54, 1.807) is 12.1 Å². The van der Waals surface area contributed by atoms with Gasteiger partial charge in [0.25, 0.3) is 0 Å². The van der Waals surface area contributed by atoms with E-state index in [0.29, 0.717) is 10.8 Å². The zero-order chi connectivity index (χ0) is 16.9. The summed E-state index contributed by atoms with van der Waals surface area (Å²) in [4.78, 5) is 18.9. The van der Waals surface area contributed by atoms with Gasteiger partial charge in [0, 0.05) is 32.5 Å². The van der Waals surface area contributed by atoms with Crippen molar-refractivity contribution >= 4 is 23.3 Å². The lowest BCUT2D eigenvalue weighted by Gasteiger charge is -2.31. The number of hydrogen-bond acceptors (Lipinski definition) is 4. The van der Waals surface area contributed by atoms with Gasteiger partial charge in [-0.05, 0) is 43.5 Å². The average molecular weight is 348 g/mol. The molecule has 0 aliphatic carbocycles. The van der Waals surface area contributed by atoms with Crippen LogP contribution in [0.2, 0.25) is 5.02 Å². The third-order valence-electron chi connectivity index (χ3n) is 4.33. The number of aromatic nitrogens is 3. The summed E-state index contributed by atoms with van der Waals surface area (Å²) in [7, 11) is 1.93. The van der Waals surface area contributed by atoms with Gasteiger partial charge in [0.05, 0.1) is 17.1 Å². The number of carbonyl (C=O) groups is 1. The van der Waals surface area contributed by atoms with Gasteiger partial charge < -0.3 is 10.2 Å². The highest BCUT2D eigenvalue weighted by atomic mass is 35.5. The van der Waals surface area contributed by atoms with Crippen molar-refractivity contribution in [2.75, 3.05) is 25.0 Å². The zero-order valence-electron chi connectivity index (χ0n) is 13.8. The van der Waals surface area contributed by atoms with Crippen molar-refractivity contribution in [1.82, 2.24) is 19.7 Å². The van der Waals surface area contributed by atoms with E-state index in [0.717, 1.165) is 38.9 Å². The van der Waals surface area contributed by atoms with E-state index in [1.165, 1.54) is 11.8 Å². The molecule has 24 heavy (non-hydrogen) atoms. The van der Waals surface area contributed by atoms with Crippen LogP contribution in [0.3, 0.4) is 0 Å². The largest absolute Gasteiger partial charge is 0.310 e. The molecule has 0 saturated carbocycles. The predicted molar refractivity (Wildman–Crippen MR) is 94.0 cm³/mol. The molecular formula is C17H22ClN5O. The summed E-state index contributed by atoms with van der Waals surface area (Å²) in [5, 5.41) is 7.64. The van der Waals surface area contributed by atoms with Crippen LogP contribution in [-0.2, 0) is 18.3 Å². The molecule has 0 radical (unpaired) electrons. The minimum absolute atomic E-state index is 0.00475. The molecule has 1 amide bonds. The van der Waals surface area contributed by atoms with Gasteiger partial charge in [-0.2, -0.15) is 5.10 Å². The molecule has 1 saturated heterocycles. The van der Waals surface area contributed by atoms with Crippen LogP contribution >= 0.6 is 11.6 Å². The molecule has 1 unspecified atom stereocenters. The Morgan fingerprint density at radius 3 is 3.00 bits per heavy atom. The van der Waals surface area contributed by atoms with Gasteiger partial charge in [-0.25, -0.2) is 4.98 Å². The van der Waals surface area contributed by atoms with Crippen molar-refractivity contribution in [2.45, 2.75) is 19.3 Å². The first-order chi connectivity index (χ1) is 11.6. The molecule has 0 bridgehead atoms. The van der Waals surface area contributed by atoms with Gasteiger partial charge in [-0.1, -0.05) is 11.6 Å². The Hall–Kier alpha value is -1.92. The number of hydrogen-bond donors (Lipinski definition) is 1. The van der Waals surface area contributed by atoms with Gasteiger partial charge in [0.15, 0.2) is 0 Å². The molecule has 3 heterocycles. The summed E-state index contributed by atoms with van der Waals surface area (Å²) in [6.07, 6.45) is 8.40. The molecular weight excluding hydrogens is 326 g/mol. The van der Waals surface area contributed by atoms with E-state index in [1.807, 2.05) is 24.1 Å². The maximum absolute atomic E-state index is 12.5. The maximum Gasteiger partial charge on any atom is 0.229 e. The number of nitrogens with zero attached hydrogens (tertiary/aromatic N) is 4. The molecule has 128 valence electrons. The van der Waals surface area contributed by atoms with E-state index in [-0.39, 0.29) is 11.8 Å². The lowest BCUT2D eigenvalue weighted by atomic mass is 9.97. The Morgan fingerprint density at radius 2 is 2.29 bits per heavy atom. The zero-order valence-corrected chi connectivity index (χ0v) is 14.5. The van der Waals surface area contributed by atoms with Crippen molar-refractivity contribution < 1.29 is 4.79 Å². The molecule has 7 heteroatoms.